The van der Waals surface area contributed by atoms with Crippen molar-refractivity contribution in [2.45, 2.75) is 13.1 Å². The maximum atomic E-state index is 9.17. The summed E-state index contributed by atoms with van der Waals surface area (Å²) in [7, 11) is 0. The second kappa shape index (κ2) is 1.98. The first-order valence-electron chi connectivity index (χ1n) is 3.32. The first-order chi connectivity index (χ1) is 4.88. The normalized spacial score (nSPS) is 16.8. The predicted octanol–water partition coefficient (Wildman–Crippen LogP) is -0.308. The Morgan fingerprint density at radius 1 is 1.70 bits per heavy atom. The van der Waals surface area contributed by atoms with E-state index in [0.717, 1.165) is 25.3 Å². The molecule has 0 bridgehead atoms. The fourth-order valence-electron chi connectivity index (χ4n) is 1.17. The van der Waals surface area contributed by atoms with Gasteiger partial charge in [-0.3, -0.25) is 4.68 Å². The molecule has 2 rings (SSSR count). The van der Waals surface area contributed by atoms with Crippen LogP contribution in [0.1, 0.15) is 5.69 Å². The van der Waals surface area contributed by atoms with E-state index in [1.807, 2.05) is 4.68 Å². The monoisotopic (exact) mass is 139 g/mol. The van der Waals surface area contributed by atoms with E-state index in [1.165, 1.54) is 6.20 Å². The highest BCUT2D eigenvalue weighted by Crippen LogP contribution is 2.16. The summed E-state index contributed by atoms with van der Waals surface area (Å²) in [5.41, 5.74) is 0.895. The van der Waals surface area contributed by atoms with Crippen LogP contribution in [0.25, 0.3) is 0 Å². The second-order valence-electron chi connectivity index (χ2n) is 2.38. The summed E-state index contributed by atoms with van der Waals surface area (Å²) in [4.78, 5) is 0. The van der Waals surface area contributed by atoms with Crippen LogP contribution in [0.4, 0.5) is 0 Å². The third-order valence-corrected chi connectivity index (χ3v) is 1.72. The molecule has 10 heavy (non-hydrogen) atoms. The highest BCUT2D eigenvalue weighted by Gasteiger charge is 2.12. The fraction of sp³-hybridized carbons (Fsp3) is 0.500. The van der Waals surface area contributed by atoms with Crippen LogP contribution >= 0.6 is 0 Å². The van der Waals surface area contributed by atoms with Crippen molar-refractivity contribution in [1.29, 1.82) is 0 Å². The molecule has 0 spiro atoms. The zero-order chi connectivity index (χ0) is 6.97. The minimum atomic E-state index is 0.298. The predicted molar refractivity (Wildman–Crippen MR) is 35.6 cm³/mol. The van der Waals surface area contributed by atoms with E-state index < -0.39 is 0 Å². The lowest BCUT2D eigenvalue weighted by Gasteiger charge is -2.14. The smallest absolute Gasteiger partial charge is 0.158 e. The largest absolute Gasteiger partial charge is 0.504 e. The highest BCUT2D eigenvalue weighted by molar-refractivity contribution is 5.23. The van der Waals surface area contributed by atoms with Gasteiger partial charge in [0.1, 0.15) is 0 Å². The molecule has 0 saturated heterocycles. The SMILES string of the molecule is Oc1cnn2c1CNCC2. The summed E-state index contributed by atoms with van der Waals surface area (Å²) in [5.74, 6) is 0.298. The lowest BCUT2D eigenvalue weighted by atomic mass is 10.3. The van der Waals surface area contributed by atoms with Crippen LogP contribution in [0.3, 0.4) is 0 Å². The molecule has 1 aromatic heterocycles. The Bertz CT molecular complexity index is 243. The molecule has 0 aromatic carbocycles. The van der Waals surface area contributed by atoms with Crippen molar-refractivity contribution >= 4 is 0 Å². The summed E-state index contributed by atoms with van der Waals surface area (Å²) < 4.78 is 1.83. The van der Waals surface area contributed by atoms with Gasteiger partial charge in [-0.15, -0.1) is 0 Å². The van der Waals surface area contributed by atoms with Crippen LogP contribution in [0, 0.1) is 0 Å². The van der Waals surface area contributed by atoms with Crippen LogP contribution < -0.4 is 5.32 Å². The average Bonchev–Trinajstić information content (AvgIpc) is 2.34. The topological polar surface area (TPSA) is 50.1 Å². The molecule has 0 fully saturated rings. The van der Waals surface area contributed by atoms with Gasteiger partial charge in [-0.1, -0.05) is 0 Å². The Morgan fingerprint density at radius 3 is 3.40 bits per heavy atom. The quantitative estimate of drug-likeness (QED) is 0.518. The average molecular weight is 139 g/mol. The molecule has 2 N–H and O–H groups in total. The molecular weight excluding hydrogens is 130 g/mol. The Morgan fingerprint density at radius 2 is 2.60 bits per heavy atom. The van der Waals surface area contributed by atoms with Gasteiger partial charge in [0, 0.05) is 13.1 Å². The Hall–Kier alpha value is -1.03. The highest BCUT2D eigenvalue weighted by atomic mass is 16.3. The fourth-order valence-corrected chi connectivity index (χ4v) is 1.17. The van der Waals surface area contributed by atoms with Crippen LogP contribution in [0.15, 0.2) is 6.20 Å². The Labute approximate surface area is 58.5 Å². The maximum absolute atomic E-state index is 9.17. The number of nitrogens with zero attached hydrogens (tertiary/aromatic N) is 2. The molecule has 0 aliphatic carbocycles. The number of aromatic hydroxyl groups is 1. The molecule has 2 heterocycles. The van der Waals surface area contributed by atoms with Crippen molar-refractivity contribution < 1.29 is 5.11 Å². The first-order valence-corrected chi connectivity index (χ1v) is 3.32. The molecule has 0 saturated carbocycles. The van der Waals surface area contributed by atoms with Gasteiger partial charge in [-0.05, 0) is 0 Å². The number of hydrogen-bond donors (Lipinski definition) is 2. The molecule has 1 aliphatic rings. The van der Waals surface area contributed by atoms with Gasteiger partial charge in [-0.2, -0.15) is 5.10 Å². The molecular formula is C6H9N3O. The third-order valence-electron chi connectivity index (χ3n) is 1.72. The van der Waals surface area contributed by atoms with E-state index in [4.69, 9.17) is 0 Å². The maximum Gasteiger partial charge on any atom is 0.158 e. The number of hydrogen-bond acceptors (Lipinski definition) is 3. The molecule has 0 amide bonds. The standard InChI is InChI=1S/C6H9N3O/c10-6-4-8-9-2-1-7-3-5(6)9/h4,7,10H,1-3H2. The van der Waals surface area contributed by atoms with Gasteiger partial charge < -0.3 is 10.4 Å². The van der Waals surface area contributed by atoms with Crippen molar-refractivity contribution in [2.24, 2.45) is 0 Å². The van der Waals surface area contributed by atoms with Crippen molar-refractivity contribution in [3.8, 4) is 5.75 Å². The van der Waals surface area contributed by atoms with Gasteiger partial charge in [0.2, 0.25) is 0 Å². The van der Waals surface area contributed by atoms with Crippen LogP contribution in [0.2, 0.25) is 0 Å². The Kier molecular flexibility index (Phi) is 1.14. The van der Waals surface area contributed by atoms with Gasteiger partial charge in [0.15, 0.2) is 5.75 Å². The zero-order valence-electron chi connectivity index (χ0n) is 5.54. The van der Waals surface area contributed by atoms with Gasteiger partial charge in [0.05, 0.1) is 18.4 Å². The summed E-state index contributed by atoms with van der Waals surface area (Å²) >= 11 is 0. The minimum absolute atomic E-state index is 0.298. The summed E-state index contributed by atoms with van der Waals surface area (Å²) in [6.07, 6.45) is 1.49. The number of nitrogens with one attached hydrogen (secondary N) is 1. The van der Waals surface area contributed by atoms with E-state index in [2.05, 4.69) is 10.4 Å². The van der Waals surface area contributed by atoms with Crippen molar-refractivity contribution in [1.82, 2.24) is 15.1 Å². The van der Waals surface area contributed by atoms with Crippen molar-refractivity contribution in [3.63, 3.8) is 0 Å². The number of fused-ring (bicyclic) bond motifs is 1. The molecule has 4 nitrogen and oxygen atoms in total. The third kappa shape index (κ3) is 0.690. The van der Waals surface area contributed by atoms with E-state index >= 15 is 0 Å². The zero-order valence-corrected chi connectivity index (χ0v) is 5.54. The summed E-state index contributed by atoms with van der Waals surface area (Å²) in [6, 6.07) is 0. The molecule has 0 radical (unpaired) electrons. The van der Waals surface area contributed by atoms with Crippen LogP contribution in [0.5, 0.6) is 5.75 Å². The molecule has 0 atom stereocenters. The second-order valence-corrected chi connectivity index (χ2v) is 2.38. The minimum Gasteiger partial charge on any atom is -0.504 e. The molecule has 4 heteroatoms. The Balaban J connectivity index is 2.45. The lowest BCUT2D eigenvalue weighted by Crippen LogP contribution is -2.28. The van der Waals surface area contributed by atoms with Crippen LogP contribution in [-0.2, 0) is 13.1 Å². The van der Waals surface area contributed by atoms with Gasteiger partial charge in [-0.25, -0.2) is 0 Å². The van der Waals surface area contributed by atoms with Gasteiger partial charge >= 0.3 is 0 Å². The van der Waals surface area contributed by atoms with E-state index in [-0.39, 0.29) is 0 Å². The van der Waals surface area contributed by atoms with Crippen molar-refractivity contribution in [3.05, 3.63) is 11.9 Å². The summed E-state index contributed by atoms with van der Waals surface area (Å²) in [5, 5.41) is 16.3. The molecule has 0 unspecified atom stereocenters. The lowest BCUT2D eigenvalue weighted by molar-refractivity contribution is 0.432. The first kappa shape index (κ1) is 5.73. The van der Waals surface area contributed by atoms with E-state index in [0.29, 0.717) is 5.75 Å². The molecule has 54 valence electrons. The molecule has 1 aromatic rings. The van der Waals surface area contributed by atoms with Gasteiger partial charge in [0.25, 0.3) is 0 Å². The van der Waals surface area contributed by atoms with E-state index in [9.17, 15) is 5.11 Å². The number of rotatable bonds is 0. The number of aromatic nitrogens is 2. The van der Waals surface area contributed by atoms with E-state index in [1.54, 1.807) is 0 Å². The molecule has 1 aliphatic heterocycles. The van der Waals surface area contributed by atoms with Crippen LogP contribution in [-0.4, -0.2) is 21.4 Å². The summed E-state index contributed by atoms with van der Waals surface area (Å²) in [6.45, 7) is 2.52. The van der Waals surface area contributed by atoms with Crippen molar-refractivity contribution in [2.75, 3.05) is 6.54 Å².